The first-order valence-corrected chi connectivity index (χ1v) is 5.26. The number of aromatic nitrogens is 2. The summed E-state index contributed by atoms with van der Waals surface area (Å²) < 4.78 is 0. The molecule has 1 heterocycles. The molecule has 0 fully saturated rings. The quantitative estimate of drug-likeness (QED) is 0.484. The third-order valence-corrected chi connectivity index (χ3v) is 2.66. The van der Waals surface area contributed by atoms with Crippen molar-refractivity contribution in [1.82, 2.24) is 9.97 Å². The summed E-state index contributed by atoms with van der Waals surface area (Å²) >= 11 is 1.20. The standard InChI is InChI=1S/C10H12N2O2S/c1-6-7(2)11-10(12-8(6)3)15-5-4-9(13)14/h4-5H,1-3H3,(H,13,14). The predicted molar refractivity (Wildman–Crippen MR) is 58.9 cm³/mol. The Kier molecular flexibility index (Phi) is 3.85. The molecule has 15 heavy (non-hydrogen) atoms. The van der Waals surface area contributed by atoms with Crippen molar-refractivity contribution in [3.8, 4) is 0 Å². The van der Waals surface area contributed by atoms with Gasteiger partial charge in [-0.05, 0) is 31.7 Å². The lowest BCUT2D eigenvalue weighted by atomic mass is 10.2. The van der Waals surface area contributed by atoms with Gasteiger partial charge >= 0.3 is 5.97 Å². The molecule has 0 unspecified atom stereocenters. The van der Waals surface area contributed by atoms with Crippen LogP contribution in [0.3, 0.4) is 0 Å². The Balaban J connectivity index is 2.83. The van der Waals surface area contributed by atoms with Crippen LogP contribution in [0.15, 0.2) is 16.6 Å². The van der Waals surface area contributed by atoms with Gasteiger partial charge in [0.25, 0.3) is 0 Å². The summed E-state index contributed by atoms with van der Waals surface area (Å²) in [6.07, 6.45) is 1.07. The second kappa shape index (κ2) is 4.93. The molecule has 0 aromatic carbocycles. The Hall–Kier alpha value is -1.36. The van der Waals surface area contributed by atoms with E-state index in [2.05, 4.69) is 9.97 Å². The van der Waals surface area contributed by atoms with Crippen LogP contribution in [0.4, 0.5) is 0 Å². The Bertz CT molecular complexity index is 393. The topological polar surface area (TPSA) is 63.1 Å². The molecule has 4 nitrogen and oxygen atoms in total. The molecule has 1 rings (SSSR count). The average molecular weight is 224 g/mol. The van der Waals surface area contributed by atoms with Crippen LogP contribution in [-0.4, -0.2) is 21.0 Å². The van der Waals surface area contributed by atoms with Gasteiger partial charge in [0, 0.05) is 17.5 Å². The molecule has 1 N–H and O–H groups in total. The van der Waals surface area contributed by atoms with Crippen LogP contribution in [0, 0.1) is 20.8 Å². The van der Waals surface area contributed by atoms with Crippen LogP contribution in [0.1, 0.15) is 17.0 Å². The summed E-state index contributed by atoms with van der Waals surface area (Å²) in [6, 6.07) is 0. The monoisotopic (exact) mass is 224 g/mol. The fourth-order valence-electron chi connectivity index (χ4n) is 0.947. The highest BCUT2D eigenvalue weighted by Gasteiger charge is 2.03. The zero-order valence-corrected chi connectivity index (χ0v) is 9.63. The second-order valence-corrected chi connectivity index (χ2v) is 3.93. The minimum absolute atomic E-state index is 0.577. The van der Waals surface area contributed by atoms with Gasteiger partial charge in [0.1, 0.15) is 0 Å². The minimum Gasteiger partial charge on any atom is -0.478 e. The van der Waals surface area contributed by atoms with Crippen molar-refractivity contribution >= 4 is 17.7 Å². The van der Waals surface area contributed by atoms with Crippen LogP contribution in [0.25, 0.3) is 0 Å². The van der Waals surface area contributed by atoms with Gasteiger partial charge < -0.3 is 5.11 Å². The molecular formula is C10H12N2O2S. The lowest BCUT2D eigenvalue weighted by Gasteiger charge is -2.04. The molecule has 0 bridgehead atoms. The fourth-order valence-corrected chi connectivity index (χ4v) is 1.63. The molecule has 0 spiro atoms. The molecule has 1 aromatic rings. The van der Waals surface area contributed by atoms with E-state index in [0.717, 1.165) is 23.0 Å². The van der Waals surface area contributed by atoms with E-state index in [9.17, 15) is 4.79 Å². The van der Waals surface area contributed by atoms with Gasteiger partial charge in [-0.2, -0.15) is 0 Å². The highest BCUT2D eigenvalue weighted by molar-refractivity contribution is 8.02. The number of nitrogens with zero attached hydrogens (tertiary/aromatic N) is 2. The number of hydrogen-bond donors (Lipinski definition) is 1. The summed E-state index contributed by atoms with van der Waals surface area (Å²) in [5, 5.41) is 10.4. The van der Waals surface area contributed by atoms with Crippen LogP contribution < -0.4 is 0 Å². The minimum atomic E-state index is -0.969. The molecule has 0 aliphatic rings. The molecule has 0 saturated carbocycles. The van der Waals surface area contributed by atoms with Gasteiger partial charge in [-0.1, -0.05) is 11.8 Å². The Morgan fingerprint density at radius 1 is 1.27 bits per heavy atom. The molecule has 5 heteroatoms. The van der Waals surface area contributed by atoms with Crippen molar-refractivity contribution in [3.05, 3.63) is 28.4 Å². The number of rotatable bonds is 3. The third kappa shape index (κ3) is 3.36. The number of aliphatic carboxylic acids is 1. The number of carbonyl (C=O) groups is 1. The van der Waals surface area contributed by atoms with Crippen molar-refractivity contribution in [2.75, 3.05) is 0 Å². The molecule has 0 saturated heterocycles. The first-order chi connectivity index (χ1) is 7.00. The largest absolute Gasteiger partial charge is 0.478 e. The van der Waals surface area contributed by atoms with Crippen molar-refractivity contribution in [1.29, 1.82) is 0 Å². The molecule has 1 aromatic heterocycles. The van der Waals surface area contributed by atoms with Crippen LogP contribution in [-0.2, 0) is 4.79 Å². The number of carboxylic acid groups (broad SMARTS) is 1. The van der Waals surface area contributed by atoms with Crippen molar-refractivity contribution < 1.29 is 9.90 Å². The van der Waals surface area contributed by atoms with E-state index < -0.39 is 5.97 Å². The summed E-state index contributed by atoms with van der Waals surface area (Å²) in [4.78, 5) is 18.7. The Morgan fingerprint density at radius 2 is 1.80 bits per heavy atom. The van der Waals surface area contributed by atoms with Gasteiger partial charge in [-0.3, -0.25) is 0 Å². The molecular weight excluding hydrogens is 212 g/mol. The lowest BCUT2D eigenvalue weighted by Crippen LogP contribution is -1.97. The normalized spacial score (nSPS) is 10.9. The lowest BCUT2D eigenvalue weighted by molar-refractivity contribution is -0.131. The van der Waals surface area contributed by atoms with E-state index in [1.54, 1.807) is 0 Å². The highest BCUT2D eigenvalue weighted by Crippen LogP contribution is 2.17. The van der Waals surface area contributed by atoms with Crippen LogP contribution in [0.5, 0.6) is 0 Å². The molecule has 0 aliphatic heterocycles. The summed E-state index contributed by atoms with van der Waals surface area (Å²) in [6.45, 7) is 5.79. The van der Waals surface area contributed by atoms with E-state index in [-0.39, 0.29) is 0 Å². The van der Waals surface area contributed by atoms with Crippen molar-refractivity contribution in [2.24, 2.45) is 0 Å². The maximum atomic E-state index is 10.2. The maximum Gasteiger partial charge on any atom is 0.328 e. The van der Waals surface area contributed by atoms with Gasteiger partial charge in [0.15, 0.2) is 5.16 Å². The van der Waals surface area contributed by atoms with Crippen LogP contribution in [0.2, 0.25) is 0 Å². The molecule has 0 aliphatic carbocycles. The zero-order valence-electron chi connectivity index (χ0n) is 8.81. The smallest absolute Gasteiger partial charge is 0.328 e. The number of hydrogen-bond acceptors (Lipinski definition) is 4. The van der Waals surface area contributed by atoms with Gasteiger partial charge in [-0.15, -0.1) is 0 Å². The first-order valence-electron chi connectivity index (χ1n) is 4.38. The maximum absolute atomic E-state index is 10.2. The van der Waals surface area contributed by atoms with Gasteiger partial charge in [0.2, 0.25) is 0 Å². The first kappa shape index (κ1) is 11.7. The summed E-state index contributed by atoms with van der Waals surface area (Å²) in [5.41, 5.74) is 2.92. The van der Waals surface area contributed by atoms with E-state index in [4.69, 9.17) is 5.11 Å². The van der Waals surface area contributed by atoms with E-state index in [1.807, 2.05) is 20.8 Å². The van der Waals surface area contributed by atoms with Gasteiger partial charge in [0.05, 0.1) is 0 Å². The van der Waals surface area contributed by atoms with E-state index >= 15 is 0 Å². The van der Waals surface area contributed by atoms with Crippen molar-refractivity contribution in [2.45, 2.75) is 25.9 Å². The van der Waals surface area contributed by atoms with Gasteiger partial charge in [-0.25, -0.2) is 14.8 Å². The summed E-state index contributed by atoms with van der Waals surface area (Å²) in [5.74, 6) is -0.969. The molecule has 0 radical (unpaired) electrons. The predicted octanol–water partition coefficient (Wildman–Crippen LogP) is 2.09. The highest BCUT2D eigenvalue weighted by atomic mass is 32.2. The van der Waals surface area contributed by atoms with E-state index in [1.165, 1.54) is 17.2 Å². The molecule has 0 amide bonds. The SMILES string of the molecule is Cc1nc(SC=CC(=O)O)nc(C)c1C. The Labute approximate surface area is 92.4 Å². The Morgan fingerprint density at radius 3 is 2.27 bits per heavy atom. The summed E-state index contributed by atoms with van der Waals surface area (Å²) in [7, 11) is 0. The van der Waals surface area contributed by atoms with Crippen molar-refractivity contribution in [3.63, 3.8) is 0 Å². The van der Waals surface area contributed by atoms with E-state index in [0.29, 0.717) is 5.16 Å². The fraction of sp³-hybridized carbons (Fsp3) is 0.300. The zero-order chi connectivity index (χ0) is 11.4. The second-order valence-electron chi connectivity index (χ2n) is 3.06. The number of thioether (sulfide) groups is 1. The third-order valence-electron chi connectivity index (χ3n) is 2.00. The number of carboxylic acids is 1. The molecule has 80 valence electrons. The van der Waals surface area contributed by atoms with Crippen LogP contribution >= 0.6 is 11.8 Å². The number of aryl methyl sites for hydroxylation is 2. The molecule has 0 atom stereocenters. The average Bonchev–Trinajstić information content (AvgIpc) is 2.13.